The Hall–Kier alpha value is -1.95. The van der Waals surface area contributed by atoms with E-state index in [1.54, 1.807) is 13.2 Å². The molecule has 0 aliphatic heterocycles. The lowest BCUT2D eigenvalue weighted by Gasteiger charge is -2.07. The van der Waals surface area contributed by atoms with Crippen molar-refractivity contribution in [3.8, 4) is 0 Å². The van der Waals surface area contributed by atoms with Gasteiger partial charge in [-0.3, -0.25) is 14.6 Å². The molecule has 0 unspecified atom stereocenters. The Kier molecular flexibility index (Phi) is 5.06. The maximum Gasteiger partial charge on any atom is 0.253 e. The summed E-state index contributed by atoms with van der Waals surface area (Å²) >= 11 is 0. The molecule has 1 heterocycles. The Bertz CT molecular complexity index is 486. The molecule has 1 aromatic rings. The zero-order chi connectivity index (χ0) is 14.4. The summed E-state index contributed by atoms with van der Waals surface area (Å²) in [5, 5.41) is 5.63. The van der Waals surface area contributed by atoms with Crippen molar-refractivity contribution in [3.63, 3.8) is 0 Å². The predicted octanol–water partition coefficient (Wildman–Crippen LogP) is 0.740. The van der Waals surface area contributed by atoms with Crippen molar-refractivity contribution >= 4 is 11.8 Å². The van der Waals surface area contributed by atoms with Crippen molar-refractivity contribution in [2.45, 2.75) is 25.3 Å². The normalized spacial score (nSPS) is 13.8. The molecule has 0 radical (unpaired) electrons. The number of aromatic nitrogens is 1. The van der Waals surface area contributed by atoms with E-state index < -0.39 is 0 Å². The number of nitrogens with one attached hydrogen (secondary N) is 2. The first-order valence-corrected chi connectivity index (χ1v) is 6.73. The first kappa shape index (κ1) is 14.5. The topological polar surface area (TPSA) is 80.3 Å². The van der Waals surface area contributed by atoms with Crippen LogP contribution in [0.15, 0.2) is 18.5 Å². The highest BCUT2D eigenvalue weighted by molar-refractivity contribution is 5.99. The van der Waals surface area contributed by atoms with Crippen molar-refractivity contribution in [3.05, 3.63) is 29.6 Å². The second kappa shape index (κ2) is 7.00. The molecule has 1 aromatic heterocycles. The van der Waals surface area contributed by atoms with Gasteiger partial charge in [0.1, 0.15) is 0 Å². The van der Waals surface area contributed by atoms with Gasteiger partial charge >= 0.3 is 0 Å². The maximum absolute atomic E-state index is 11.9. The van der Waals surface area contributed by atoms with E-state index in [1.165, 1.54) is 12.4 Å². The lowest BCUT2D eigenvalue weighted by molar-refractivity contribution is 0.0948. The fraction of sp³-hybridized carbons (Fsp3) is 0.500. The van der Waals surface area contributed by atoms with Crippen molar-refractivity contribution in [2.75, 3.05) is 20.3 Å². The highest BCUT2D eigenvalue weighted by atomic mass is 16.5. The van der Waals surface area contributed by atoms with Gasteiger partial charge in [0.2, 0.25) is 0 Å². The molecule has 0 atom stereocenters. The van der Waals surface area contributed by atoms with E-state index in [1.807, 2.05) is 0 Å². The van der Waals surface area contributed by atoms with Crippen molar-refractivity contribution < 1.29 is 14.3 Å². The Balaban J connectivity index is 1.90. The van der Waals surface area contributed by atoms with E-state index in [4.69, 9.17) is 4.74 Å². The van der Waals surface area contributed by atoms with Crippen molar-refractivity contribution in [1.29, 1.82) is 0 Å². The average molecular weight is 277 g/mol. The van der Waals surface area contributed by atoms with Gasteiger partial charge in [-0.25, -0.2) is 0 Å². The van der Waals surface area contributed by atoms with Crippen LogP contribution in [0.1, 0.15) is 40.0 Å². The van der Waals surface area contributed by atoms with Crippen molar-refractivity contribution in [1.82, 2.24) is 15.6 Å². The first-order chi connectivity index (χ1) is 9.70. The largest absolute Gasteiger partial charge is 0.385 e. The fourth-order valence-corrected chi connectivity index (χ4v) is 1.71. The fourth-order valence-electron chi connectivity index (χ4n) is 1.71. The Morgan fingerprint density at radius 2 is 2.00 bits per heavy atom. The quantitative estimate of drug-likeness (QED) is 0.720. The minimum atomic E-state index is -0.227. The Labute approximate surface area is 117 Å². The lowest BCUT2D eigenvalue weighted by Crippen LogP contribution is -2.28. The monoisotopic (exact) mass is 277 g/mol. The van der Waals surface area contributed by atoms with Gasteiger partial charge < -0.3 is 15.4 Å². The number of carbonyl (C=O) groups is 2. The van der Waals surface area contributed by atoms with Crippen molar-refractivity contribution in [2.24, 2.45) is 0 Å². The second-order valence-corrected chi connectivity index (χ2v) is 4.81. The van der Waals surface area contributed by atoms with Crippen LogP contribution in [0.5, 0.6) is 0 Å². The number of pyridine rings is 1. The number of methoxy groups -OCH3 is 1. The van der Waals surface area contributed by atoms with Gasteiger partial charge in [0.05, 0.1) is 11.1 Å². The third-order valence-corrected chi connectivity index (χ3v) is 2.99. The third kappa shape index (κ3) is 4.31. The van der Waals surface area contributed by atoms with E-state index in [9.17, 15) is 9.59 Å². The molecule has 0 spiro atoms. The molecule has 2 rings (SSSR count). The van der Waals surface area contributed by atoms with Crippen LogP contribution in [0, 0.1) is 0 Å². The van der Waals surface area contributed by atoms with Gasteiger partial charge in [0.15, 0.2) is 0 Å². The Morgan fingerprint density at radius 3 is 2.65 bits per heavy atom. The van der Waals surface area contributed by atoms with Gasteiger partial charge in [0.25, 0.3) is 11.8 Å². The van der Waals surface area contributed by atoms with Gasteiger partial charge in [0, 0.05) is 38.7 Å². The van der Waals surface area contributed by atoms with Crippen LogP contribution in [-0.4, -0.2) is 43.1 Å². The van der Waals surface area contributed by atoms with Gasteiger partial charge in [-0.1, -0.05) is 0 Å². The van der Waals surface area contributed by atoms with E-state index >= 15 is 0 Å². The molecule has 108 valence electrons. The number of rotatable bonds is 7. The predicted molar refractivity (Wildman–Crippen MR) is 73.6 cm³/mol. The molecule has 6 nitrogen and oxygen atoms in total. The molecule has 0 aromatic carbocycles. The molecular formula is C14H19N3O3. The van der Waals surface area contributed by atoms with E-state index in [0.717, 1.165) is 19.3 Å². The van der Waals surface area contributed by atoms with E-state index in [0.29, 0.717) is 24.3 Å². The SMILES string of the molecule is COCCCNC(=O)c1cncc(C(=O)NC2CC2)c1. The van der Waals surface area contributed by atoms with E-state index in [-0.39, 0.29) is 17.9 Å². The van der Waals surface area contributed by atoms with Gasteiger partial charge in [-0.15, -0.1) is 0 Å². The highest BCUT2D eigenvalue weighted by Crippen LogP contribution is 2.19. The number of carbonyl (C=O) groups excluding carboxylic acids is 2. The summed E-state index contributed by atoms with van der Waals surface area (Å²) in [5.74, 6) is -0.399. The maximum atomic E-state index is 11.9. The van der Waals surface area contributed by atoms with Crippen LogP contribution in [0.3, 0.4) is 0 Å². The van der Waals surface area contributed by atoms with Crippen LogP contribution < -0.4 is 10.6 Å². The minimum absolute atomic E-state index is 0.172. The van der Waals surface area contributed by atoms with Gasteiger partial charge in [-0.05, 0) is 25.3 Å². The molecule has 2 amide bonds. The summed E-state index contributed by atoms with van der Waals surface area (Å²) in [7, 11) is 1.62. The summed E-state index contributed by atoms with van der Waals surface area (Å²) in [6, 6.07) is 1.85. The summed E-state index contributed by atoms with van der Waals surface area (Å²) in [5.41, 5.74) is 0.812. The third-order valence-electron chi connectivity index (χ3n) is 2.99. The number of amides is 2. The molecule has 1 saturated carbocycles. The Morgan fingerprint density at radius 1 is 1.30 bits per heavy atom. The standard InChI is InChI=1S/C14H19N3O3/c1-20-6-2-5-16-13(18)10-7-11(9-15-8-10)14(19)17-12-3-4-12/h7-9,12H,2-6H2,1H3,(H,16,18)(H,17,19). The molecule has 20 heavy (non-hydrogen) atoms. The van der Waals surface area contributed by atoms with Crippen LogP contribution in [0.4, 0.5) is 0 Å². The number of ether oxygens (including phenoxy) is 1. The summed E-state index contributed by atoms with van der Waals surface area (Å²) in [6.45, 7) is 1.13. The first-order valence-electron chi connectivity index (χ1n) is 6.73. The zero-order valence-electron chi connectivity index (χ0n) is 11.5. The molecule has 2 N–H and O–H groups in total. The molecular weight excluding hydrogens is 258 g/mol. The van der Waals surface area contributed by atoms with Crippen LogP contribution in [0.25, 0.3) is 0 Å². The highest BCUT2D eigenvalue weighted by Gasteiger charge is 2.24. The summed E-state index contributed by atoms with van der Waals surface area (Å²) in [6.07, 6.45) is 5.73. The summed E-state index contributed by atoms with van der Waals surface area (Å²) in [4.78, 5) is 27.7. The minimum Gasteiger partial charge on any atom is -0.385 e. The van der Waals surface area contributed by atoms with Crippen LogP contribution in [-0.2, 0) is 4.74 Å². The molecule has 1 fully saturated rings. The smallest absolute Gasteiger partial charge is 0.253 e. The zero-order valence-corrected chi connectivity index (χ0v) is 11.5. The average Bonchev–Trinajstić information content (AvgIpc) is 3.27. The lowest BCUT2D eigenvalue weighted by atomic mass is 10.2. The second-order valence-electron chi connectivity index (χ2n) is 4.81. The molecule has 0 bridgehead atoms. The number of hydrogen-bond acceptors (Lipinski definition) is 4. The van der Waals surface area contributed by atoms with Gasteiger partial charge in [-0.2, -0.15) is 0 Å². The van der Waals surface area contributed by atoms with Crippen LogP contribution >= 0.6 is 0 Å². The van der Waals surface area contributed by atoms with Crippen LogP contribution in [0.2, 0.25) is 0 Å². The molecule has 6 heteroatoms. The van der Waals surface area contributed by atoms with E-state index in [2.05, 4.69) is 15.6 Å². The summed E-state index contributed by atoms with van der Waals surface area (Å²) < 4.78 is 4.91. The number of nitrogens with zero attached hydrogens (tertiary/aromatic N) is 1. The molecule has 1 aliphatic rings. The molecule has 0 saturated heterocycles. The number of hydrogen-bond donors (Lipinski definition) is 2. The molecule has 1 aliphatic carbocycles.